The van der Waals surface area contributed by atoms with Gasteiger partial charge in [0.05, 0.1) is 6.33 Å². The maximum absolute atomic E-state index is 4.00. The molecule has 1 aromatic rings. The average Bonchev–Trinajstić information content (AvgIpc) is 2.88. The number of hydrogen-bond donors (Lipinski definition) is 2. The van der Waals surface area contributed by atoms with Crippen molar-refractivity contribution in [3.05, 3.63) is 18.7 Å². The van der Waals surface area contributed by atoms with E-state index >= 15 is 0 Å². The molecule has 1 aromatic heterocycles. The molecule has 0 aromatic carbocycles. The van der Waals surface area contributed by atoms with Crippen molar-refractivity contribution in [1.82, 2.24) is 20.4 Å². The summed E-state index contributed by atoms with van der Waals surface area (Å²) in [6, 6.07) is 0.508. The van der Waals surface area contributed by atoms with Gasteiger partial charge in [0, 0.05) is 25.0 Å². The summed E-state index contributed by atoms with van der Waals surface area (Å²) in [5.41, 5.74) is 5.95. The molecular weight excluding hydrogens is 200 g/mol. The van der Waals surface area contributed by atoms with E-state index in [9.17, 15) is 0 Å². The van der Waals surface area contributed by atoms with E-state index in [0.717, 1.165) is 13.0 Å². The molecule has 0 bridgehead atoms. The van der Waals surface area contributed by atoms with Crippen molar-refractivity contribution in [1.29, 1.82) is 0 Å². The molecule has 4 nitrogen and oxygen atoms in total. The highest BCUT2D eigenvalue weighted by atomic mass is 15.3. The van der Waals surface area contributed by atoms with Crippen LogP contribution in [0.1, 0.15) is 47.1 Å². The molecule has 1 heterocycles. The Balaban J connectivity index is 0. The Kier molecular flexibility index (Phi) is 15.5. The maximum atomic E-state index is 4.00. The van der Waals surface area contributed by atoms with E-state index in [1.807, 2.05) is 53.5 Å². The van der Waals surface area contributed by atoms with Gasteiger partial charge in [0.2, 0.25) is 0 Å². The van der Waals surface area contributed by atoms with Gasteiger partial charge in [-0.1, -0.05) is 27.7 Å². The van der Waals surface area contributed by atoms with Gasteiger partial charge in [0.25, 0.3) is 0 Å². The highest BCUT2D eigenvalue weighted by Gasteiger charge is 2.01. The van der Waals surface area contributed by atoms with Crippen LogP contribution in [0.15, 0.2) is 18.7 Å². The van der Waals surface area contributed by atoms with Crippen molar-refractivity contribution in [2.75, 3.05) is 13.6 Å². The second kappa shape index (κ2) is 14.1. The van der Waals surface area contributed by atoms with E-state index in [-0.39, 0.29) is 0 Å². The summed E-state index contributed by atoms with van der Waals surface area (Å²) in [4.78, 5) is 4.00. The third kappa shape index (κ3) is 8.44. The van der Waals surface area contributed by atoms with Crippen molar-refractivity contribution in [3.8, 4) is 0 Å². The molecular formula is C12H28N4. The Labute approximate surface area is 100 Å². The minimum atomic E-state index is 0.508. The average molecular weight is 228 g/mol. The minimum absolute atomic E-state index is 0.508. The Morgan fingerprint density at radius 2 is 1.88 bits per heavy atom. The lowest BCUT2D eigenvalue weighted by Gasteiger charge is -2.12. The van der Waals surface area contributed by atoms with Crippen molar-refractivity contribution < 1.29 is 0 Å². The summed E-state index contributed by atoms with van der Waals surface area (Å²) in [7, 11) is 1.88. The van der Waals surface area contributed by atoms with Gasteiger partial charge in [-0.15, -0.1) is 0 Å². The van der Waals surface area contributed by atoms with Gasteiger partial charge in [0.1, 0.15) is 0 Å². The van der Waals surface area contributed by atoms with Crippen LogP contribution in [0.3, 0.4) is 0 Å². The lowest BCUT2D eigenvalue weighted by atomic mass is 10.2. The van der Waals surface area contributed by atoms with Crippen LogP contribution in [0.25, 0.3) is 0 Å². The number of imidazole rings is 1. The topological polar surface area (TPSA) is 41.9 Å². The number of nitrogens with one attached hydrogen (secondary N) is 2. The zero-order valence-electron chi connectivity index (χ0n) is 11.6. The van der Waals surface area contributed by atoms with E-state index in [1.165, 1.54) is 0 Å². The SMILES string of the molecule is CC.CC.CNNCCC(C)n1ccnc1. The highest BCUT2D eigenvalue weighted by molar-refractivity contribution is 4.78. The van der Waals surface area contributed by atoms with Crippen LogP contribution in [0.4, 0.5) is 0 Å². The van der Waals surface area contributed by atoms with E-state index in [4.69, 9.17) is 0 Å². The van der Waals surface area contributed by atoms with Crippen molar-refractivity contribution >= 4 is 0 Å². The van der Waals surface area contributed by atoms with E-state index < -0.39 is 0 Å². The zero-order valence-corrected chi connectivity index (χ0v) is 11.6. The molecule has 16 heavy (non-hydrogen) atoms. The number of hydrogen-bond acceptors (Lipinski definition) is 3. The summed E-state index contributed by atoms with van der Waals surface area (Å²) < 4.78 is 2.11. The zero-order chi connectivity index (χ0) is 12.8. The molecule has 4 heteroatoms. The van der Waals surface area contributed by atoms with Crippen LogP contribution in [-0.4, -0.2) is 23.1 Å². The largest absolute Gasteiger partial charge is 0.335 e. The fraction of sp³-hybridized carbons (Fsp3) is 0.750. The second-order valence-electron chi connectivity index (χ2n) is 2.82. The molecule has 0 saturated carbocycles. The Morgan fingerprint density at radius 3 is 2.31 bits per heavy atom. The normalized spacial score (nSPS) is 10.6. The van der Waals surface area contributed by atoms with Crippen LogP contribution < -0.4 is 10.9 Å². The maximum Gasteiger partial charge on any atom is 0.0948 e. The predicted molar refractivity (Wildman–Crippen MR) is 71.3 cm³/mol. The molecule has 96 valence electrons. The van der Waals surface area contributed by atoms with Crippen LogP contribution >= 0.6 is 0 Å². The number of aromatic nitrogens is 2. The summed E-state index contributed by atoms with van der Waals surface area (Å²) in [5.74, 6) is 0. The van der Waals surface area contributed by atoms with Gasteiger partial charge in [-0.05, 0) is 20.4 Å². The highest BCUT2D eigenvalue weighted by Crippen LogP contribution is 2.07. The molecule has 0 fully saturated rings. The fourth-order valence-electron chi connectivity index (χ4n) is 1.09. The molecule has 0 amide bonds. The smallest absolute Gasteiger partial charge is 0.0948 e. The molecule has 1 atom stereocenters. The van der Waals surface area contributed by atoms with Crippen LogP contribution in [0.2, 0.25) is 0 Å². The van der Waals surface area contributed by atoms with Gasteiger partial charge in [0.15, 0.2) is 0 Å². The number of nitrogens with zero attached hydrogens (tertiary/aromatic N) is 2. The van der Waals surface area contributed by atoms with Crippen LogP contribution in [0.5, 0.6) is 0 Å². The minimum Gasteiger partial charge on any atom is -0.335 e. The van der Waals surface area contributed by atoms with E-state index in [1.54, 1.807) is 0 Å². The Bertz CT molecular complexity index is 197. The monoisotopic (exact) mass is 228 g/mol. The van der Waals surface area contributed by atoms with Crippen LogP contribution in [0, 0.1) is 0 Å². The first-order valence-electron chi connectivity index (χ1n) is 6.21. The molecule has 0 spiro atoms. The molecule has 0 aliphatic carbocycles. The quantitative estimate of drug-likeness (QED) is 0.601. The van der Waals surface area contributed by atoms with E-state index in [0.29, 0.717) is 6.04 Å². The summed E-state index contributed by atoms with van der Waals surface area (Å²) in [5, 5.41) is 0. The van der Waals surface area contributed by atoms with Gasteiger partial charge < -0.3 is 4.57 Å². The molecule has 2 N–H and O–H groups in total. The summed E-state index contributed by atoms with van der Waals surface area (Å²) >= 11 is 0. The Morgan fingerprint density at radius 1 is 1.25 bits per heavy atom. The van der Waals surface area contributed by atoms with Gasteiger partial charge in [-0.25, -0.2) is 4.98 Å². The number of rotatable bonds is 5. The van der Waals surface area contributed by atoms with Crippen molar-refractivity contribution in [2.24, 2.45) is 0 Å². The third-order valence-corrected chi connectivity index (χ3v) is 1.90. The molecule has 0 saturated heterocycles. The molecule has 0 aliphatic rings. The fourth-order valence-corrected chi connectivity index (χ4v) is 1.09. The lowest BCUT2D eigenvalue weighted by Crippen LogP contribution is -2.29. The number of hydrazine groups is 1. The predicted octanol–water partition coefficient (Wildman–Crippen LogP) is 2.61. The second-order valence-corrected chi connectivity index (χ2v) is 2.82. The van der Waals surface area contributed by atoms with E-state index in [2.05, 4.69) is 27.3 Å². The molecule has 1 rings (SSSR count). The Hall–Kier alpha value is -0.870. The van der Waals surface area contributed by atoms with Gasteiger partial charge in [-0.2, -0.15) is 0 Å². The first-order valence-corrected chi connectivity index (χ1v) is 6.21. The van der Waals surface area contributed by atoms with Gasteiger partial charge in [-0.3, -0.25) is 10.9 Å². The third-order valence-electron chi connectivity index (χ3n) is 1.90. The van der Waals surface area contributed by atoms with Crippen molar-refractivity contribution in [3.63, 3.8) is 0 Å². The lowest BCUT2D eigenvalue weighted by molar-refractivity contribution is 0.463. The molecule has 0 radical (unpaired) electrons. The van der Waals surface area contributed by atoms with Crippen LogP contribution in [-0.2, 0) is 0 Å². The summed E-state index contributed by atoms with van der Waals surface area (Å²) in [6.07, 6.45) is 6.74. The molecule has 0 aliphatic heterocycles. The first kappa shape index (κ1) is 17.5. The molecule has 1 unspecified atom stereocenters. The summed E-state index contributed by atoms with van der Waals surface area (Å²) in [6.45, 7) is 11.1. The standard InChI is InChI=1S/C8H16N4.2C2H6/c1-8(3-4-11-9-2)12-6-5-10-7-12;2*1-2/h5-9,11H,3-4H2,1-2H3;2*1-2H3. The van der Waals surface area contributed by atoms with Gasteiger partial charge >= 0.3 is 0 Å². The first-order chi connectivity index (χ1) is 7.84. The van der Waals surface area contributed by atoms with Crippen molar-refractivity contribution in [2.45, 2.75) is 47.1 Å².